The molecule has 1 amide bonds. The number of aryl methyl sites for hydroxylation is 2. The van der Waals surface area contributed by atoms with Crippen LogP contribution in [0.5, 0.6) is 0 Å². The zero-order chi connectivity index (χ0) is 20.8. The summed E-state index contributed by atoms with van der Waals surface area (Å²) in [6.07, 6.45) is 0.322. The predicted molar refractivity (Wildman–Crippen MR) is 118 cm³/mol. The molecule has 148 valence electrons. The lowest BCUT2D eigenvalue weighted by atomic mass is 10.1. The third-order valence-electron chi connectivity index (χ3n) is 4.06. The van der Waals surface area contributed by atoms with Crippen LogP contribution in [0.4, 0.5) is 5.82 Å². The van der Waals surface area contributed by atoms with Crippen LogP contribution >= 0.6 is 35.0 Å². The number of thioether (sulfide) groups is 1. The number of nitriles is 1. The molecule has 0 unspecified atom stereocenters. The monoisotopic (exact) mass is 444 g/mol. The third kappa shape index (κ3) is 5.77. The summed E-state index contributed by atoms with van der Waals surface area (Å²) < 4.78 is 1.64. The highest BCUT2D eigenvalue weighted by molar-refractivity contribution is 7.98. The van der Waals surface area contributed by atoms with Crippen molar-refractivity contribution in [2.24, 2.45) is 0 Å². The fraction of sp³-hybridized carbons (Fsp3) is 0.190. The van der Waals surface area contributed by atoms with Gasteiger partial charge in [0.25, 0.3) is 5.91 Å². The number of amides is 1. The summed E-state index contributed by atoms with van der Waals surface area (Å²) in [5, 5.41) is 17.3. The summed E-state index contributed by atoms with van der Waals surface area (Å²) in [6, 6.07) is 16.7. The minimum absolute atomic E-state index is 0.226. The van der Waals surface area contributed by atoms with Gasteiger partial charge in [-0.05, 0) is 42.8 Å². The molecule has 1 aromatic heterocycles. The molecule has 0 aliphatic heterocycles. The van der Waals surface area contributed by atoms with E-state index in [1.807, 2.05) is 31.2 Å². The number of benzene rings is 2. The van der Waals surface area contributed by atoms with Crippen LogP contribution in [0.2, 0.25) is 10.0 Å². The number of hydrogen-bond donors (Lipinski definition) is 1. The van der Waals surface area contributed by atoms with E-state index < -0.39 is 0 Å². The van der Waals surface area contributed by atoms with Crippen LogP contribution < -0.4 is 5.32 Å². The van der Waals surface area contributed by atoms with Gasteiger partial charge in [0.1, 0.15) is 5.82 Å². The second-order valence-electron chi connectivity index (χ2n) is 6.32. The number of carbonyl (C=O) groups excluding carboxylic acids is 1. The second kappa shape index (κ2) is 9.84. The number of carbonyl (C=O) groups is 1. The van der Waals surface area contributed by atoms with E-state index in [1.54, 1.807) is 40.7 Å². The van der Waals surface area contributed by atoms with Crippen molar-refractivity contribution < 1.29 is 4.79 Å². The van der Waals surface area contributed by atoms with Gasteiger partial charge < -0.3 is 5.32 Å². The van der Waals surface area contributed by atoms with Gasteiger partial charge in [0.05, 0.1) is 29.8 Å². The first-order valence-electron chi connectivity index (χ1n) is 8.86. The van der Waals surface area contributed by atoms with Crippen LogP contribution in [0.25, 0.3) is 0 Å². The first-order valence-corrected chi connectivity index (χ1v) is 10.6. The number of hydrogen-bond acceptors (Lipinski definition) is 4. The molecule has 0 atom stereocenters. The first kappa shape index (κ1) is 21.3. The zero-order valence-electron chi connectivity index (χ0n) is 15.7. The minimum Gasteiger partial charge on any atom is -0.307 e. The van der Waals surface area contributed by atoms with E-state index in [0.717, 1.165) is 16.2 Å². The van der Waals surface area contributed by atoms with Gasteiger partial charge in [0.15, 0.2) is 0 Å². The van der Waals surface area contributed by atoms with E-state index >= 15 is 0 Å². The third-order valence-corrected chi connectivity index (χ3v) is 5.86. The second-order valence-corrected chi connectivity index (χ2v) is 8.18. The molecule has 8 heteroatoms. The zero-order valence-corrected chi connectivity index (χ0v) is 18.0. The molecular formula is C21H18Cl2N4OS. The highest BCUT2D eigenvalue weighted by atomic mass is 35.5. The van der Waals surface area contributed by atoms with Crippen molar-refractivity contribution in [1.82, 2.24) is 9.78 Å². The topological polar surface area (TPSA) is 70.7 Å². The molecule has 0 bridgehead atoms. The molecule has 0 fully saturated rings. The Bertz CT molecular complexity index is 1070. The standard InChI is InChI=1S/C21H18Cl2N4OS/c1-14-10-20(27(26-14)9-3-8-24)25-21(28)16-5-2-4-15(11-16)13-29-19-12-17(22)6-7-18(19)23/h2,4-7,10-12H,3,9,13H2,1H3,(H,25,28). The van der Waals surface area contributed by atoms with Crippen LogP contribution in [0.15, 0.2) is 53.4 Å². The maximum absolute atomic E-state index is 12.7. The Kier molecular flexibility index (Phi) is 7.21. The van der Waals surface area contributed by atoms with Crippen molar-refractivity contribution in [3.8, 4) is 6.07 Å². The Morgan fingerprint density at radius 1 is 1.24 bits per heavy atom. The van der Waals surface area contributed by atoms with Crippen LogP contribution in [-0.2, 0) is 12.3 Å². The minimum atomic E-state index is -0.226. The maximum Gasteiger partial charge on any atom is 0.256 e. The van der Waals surface area contributed by atoms with Gasteiger partial charge >= 0.3 is 0 Å². The number of nitrogens with one attached hydrogen (secondary N) is 1. The average molecular weight is 445 g/mol. The van der Waals surface area contributed by atoms with Crippen molar-refractivity contribution >= 4 is 46.7 Å². The van der Waals surface area contributed by atoms with Gasteiger partial charge in [-0.15, -0.1) is 11.8 Å². The Hall–Kier alpha value is -2.46. The van der Waals surface area contributed by atoms with E-state index in [1.165, 1.54) is 0 Å². The van der Waals surface area contributed by atoms with E-state index in [0.29, 0.717) is 40.1 Å². The molecule has 3 aromatic rings. The number of nitrogens with zero attached hydrogens (tertiary/aromatic N) is 3. The normalized spacial score (nSPS) is 10.6. The van der Waals surface area contributed by atoms with Gasteiger partial charge in [-0.3, -0.25) is 4.79 Å². The van der Waals surface area contributed by atoms with Crippen molar-refractivity contribution in [3.63, 3.8) is 0 Å². The highest BCUT2D eigenvalue weighted by Gasteiger charge is 2.12. The van der Waals surface area contributed by atoms with Crippen LogP contribution in [0.1, 0.15) is 28.0 Å². The summed E-state index contributed by atoms with van der Waals surface area (Å²) >= 11 is 13.8. The van der Waals surface area contributed by atoms with E-state index in [4.69, 9.17) is 28.5 Å². The maximum atomic E-state index is 12.7. The molecular weight excluding hydrogens is 427 g/mol. The smallest absolute Gasteiger partial charge is 0.256 e. The van der Waals surface area contributed by atoms with Crippen LogP contribution in [0, 0.1) is 18.3 Å². The number of aromatic nitrogens is 2. The Morgan fingerprint density at radius 2 is 2.07 bits per heavy atom. The van der Waals surface area contributed by atoms with Gasteiger partial charge in [0, 0.05) is 27.3 Å². The number of anilines is 1. The quantitative estimate of drug-likeness (QED) is 0.456. The fourth-order valence-electron chi connectivity index (χ4n) is 2.71. The molecule has 2 aromatic carbocycles. The molecule has 3 rings (SSSR count). The molecule has 0 saturated heterocycles. The van der Waals surface area contributed by atoms with Crippen molar-refractivity contribution in [2.45, 2.75) is 30.5 Å². The summed E-state index contributed by atoms with van der Waals surface area (Å²) in [5.41, 5.74) is 2.32. The molecule has 0 spiro atoms. The van der Waals surface area contributed by atoms with Crippen molar-refractivity contribution in [2.75, 3.05) is 5.32 Å². The van der Waals surface area contributed by atoms with Crippen molar-refractivity contribution in [3.05, 3.63) is 75.4 Å². The molecule has 1 heterocycles. The van der Waals surface area contributed by atoms with Gasteiger partial charge in [-0.25, -0.2) is 4.68 Å². The van der Waals surface area contributed by atoms with Crippen LogP contribution in [-0.4, -0.2) is 15.7 Å². The lowest BCUT2D eigenvalue weighted by molar-refractivity contribution is 0.102. The van der Waals surface area contributed by atoms with E-state index in [-0.39, 0.29) is 5.91 Å². The van der Waals surface area contributed by atoms with Crippen LogP contribution in [0.3, 0.4) is 0 Å². The molecule has 5 nitrogen and oxygen atoms in total. The molecule has 1 N–H and O–H groups in total. The Balaban J connectivity index is 1.70. The Morgan fingerprint density at radius 3 is 2.86 bits per heavy atom. The molecule has 0 radical (unpaired) electrons. The molecule has 0 aliphatic rings. The fourth-order valence-corrected chi connectivity index (χ4v) is 4.15. The largest absolute Gasteiger partial charge is 0.307 e. The molecule has 0 saturated carbocycles. The summed E-state index contributed by atoms with van der Waals surface area (Å²) in [5.74, 6) is 1.00. The predicted octanol–water partition coefficient (Wildman–Crippen LogP) is 5.96. The Labute approximate surface area is 183 Å². The number of halogens is 2. The van der Waals surface area contributed by atoms with Crippen molar-refractivity contribution in [1.29, 1.82) is 5.26 Å². The van der Waals surface area contributed by atoms with Gasteiger partial charge in [-0.1, -0.05) is 35.3 Å². The lowest BCUT2D eigenvalue weighted by Crippen LogP contribution is -2.16. The SMILES string of the molecule is Cc1cc(NC(=O)c2cccc(CSc3cc(Cl)ccc3Cl)c2)n(CCC#N)n1. The lowest BCUT2D eigenvalue weighted by Gasteiger charge is -2.09. The van der Waals surface area contributed by atoms with Gasteiger partial charge in [-0.2, -0.15) is 10.4 Å². The van der Waals surface area contributed by atoms with E-state index in [9.17, 15) is 4.79 Å². The first-order chi connectivity index (χ1) is 14.0. The molecule has 29 heavy (non-hydrogen) atoms. The van der Waals surface area contributed by atoms with Gasteiger partial charge in [0.2, 0.25) is 0 Å². The highest BCUT2D eigenvalue weighted by Crippen LogP contribution is 2.32. The summed E-state index contributed by atoms with van der Waals surface area (Å²) in [6.45, 7) is 2.27. The number of rotatable bonds is 7. The van der Waals surface area contributed by atoms with E-state index in [2.05, 4.69) is 16.5 Å². The summed E-state index contributed by atoms with van der Waals surface area (Å²) in [4.78, 5) is 13.6. The average Bonchev–Trinajstić information content (AvgIpc) is 3.06. The summed E-state index contributed by atoms with van der Waals surface area (Å²) in [7, 11) is 0. The molecule has 0 aliphatic carbocycles.